The lowest BCUT2D eigenvalue weighted by Crippen LogP contribution is -2.35. The van der Waals surface area contributed by atoms with E-state index in [1.165, 1.54) is 0 Å². The number of ether oxygens (including phenoxy) is 1. The molecule has 1 heterocycles. The fourth-order valence-electron chi connectivity index (χ4n) is 4.74. The summed E-state index contributed by atoms with van der Waals surface area (Å²) in [5, 5.41) is 2.10. The maximum atomic E-state index is 13.5. The Balaban J connectivity index is 1.79. The Kier molecular flexibility index (Phi) is 4.35. The molecule has 5 rings (SSSR count). The quantitative estimate of drug-likeness (QED) is 0.574. The number of hydrogen-bond donors (Lipinski definition) is 0. The van der Waals surface area contributed by atoms with Crippen molar-refractivity contribution in [3.8, 4) is 0 Å². The molecule has 148 valence electrons. The van der Waals surface area contributed by atoms with Crippen LogP contribution in [0, 0.1) is 5.92 Å². The molecule has 1 unspecified atom stereocenters. The van der Waals surface area contributed by atoms with E-state index in [0.29, 0.717) is 22.5 Å². The Morgan fingerprint density at radius 2 is 1.67 bits per heavy atom. The molecule has 30 heavy (non-hydrogen) atoms. The number of aliphatic imine (C=N–C) groups is 1. The number of nitrogens with zero attached hydrogens (tertiary/aromatic N) is 1. The highest BCUT2D eigenvalue weighted by Crippen LogP contribution is 2.49. The van der Waals surface area contributed by atoms with Crippen LogP contribution in [0.5, 0.6) is 0 Å². The van der Waals surface area contributed by atoms with E-state index in [9.17, 15) is 9.59 Å². The number of fused-ring (bicyclic) bond motifs is 3. The van der Waals surface area contributed by atoms with Crippen molar-refractivity contribution < 1.29 is 14.3 Å². The molecule has 0 N–H and O–H groups in total. The first-order valence-electron chi connectivity index (χ1n) is 10.2. The summed E-state index contributed by atoms with van der Waals surface area (Å²) in [5.74, 6) is -1.47. The van der Waals surface area contributed by atoms with E-state index < -0.39 is 11.8 Å². The van der Waals surface area contributed by atoms with Crippen LogP contribution in [0.15, 0.2) is 77.3 Å². The molecule has 0 fully saturated rings. The van der Waals surface area contributed by atoms with Crippen LogP contribution in [0.2, 0.25) is 0 Å². The number of Topliss-reactive ketones (excluding diaryl/α,β-unsaturated/α-hetero) is 1. The normalized spacial score (nSPS) is 20.1. The number of carbonyl (C=O) groups excluding carboxylic acids is 2. The average Bonchev–Trinajstić information content (AvgIpc) is 3.04. The summed E-state index contributed by atoms with van der Waals surface area (Å²) in [6.45, 7) is 3.93. The van der Waals surface area contributed by atoms with E-state index in [0.717, 1.165) is 21.9 Å². The van der Waals surface area contributed by atoms with Crippen LogP contribution in [-0.4, -0.2) is 24.1 Å². The van der Waals surface area contributed by atoms with Crippen molar-refractivity contribution in [1.82, 2.24) is 0 Å². The van der Waals surface area contributed by atoms with Crippen molar-refractivity contribution in [2.45, 2.75) is 19.8 Å². The summed E-state index contributed by atoms with van der Waals surface area (Å²) in [6.07, 6.45) is 0. The van der Waals surface area contributed by atoms with Gasteiger partial charge in [0.25, 0.3) is 0 Å². The zero-order chi connectivity index (χ0) is 20.8. The fourth-order valence-corrected chi connectivity index (χ4v) is 4.74. The van der Waals surface area contributed by atoms with Crippen LogP contribution in [-0.2, 0) is 9.53 Å². The molecule has 0 saturated carbocycles. The average molecular weight is 395 g/mol. The summed E-state index contributed by atoms with van der Waals surface area (Å²) in [5.41, 5.74) is 4.39. The van der Waals surface area contributed by atoms with Crippen LogP contribution in [0.1, 0.15) is 41.3 Å². The van der Waals surface area contributed by atoms with Gasteiger partial charge in [0.05, 0.1) is 12.3 Å². The molecule has 0 bridgehead atoms. The Morgan fingerprint density at radius 3 is 2.47 bits per heavy atom. The Morgan fingerprint density at radius 1 is 0.967 bits per heavy atom. The maximum Gasteiger partial charge on any atom is 0.315 e. The van der Waals surface area contributed by atoms with E-state index >= 15 is 0 Å². The Bertz CT molecular complexity index is 1260. The van der Waals surface area contributed by atoms with Crippen molar-refractivity contribution in [3.05, 3.63) is 89.0 Å². The van der Waals surface area contributed by atoms with Crippen LogP contribution in [0.25, 0.3) is 16.5 Å². The third kappa shape index (κ3) is 2.64. The zero-order valence-electron chi connectivity index (χ0n) is 16.9. The second-order valence-corrected chi connectivity index (χ2v) is 7.67. The molecule has 4 nitrogen and oxygen atoms in total. The van der Waals surface area contributed by atoms with Gasteiger partial charge in [-0.1, -0.05) is 66.7 Å². The number of rotatable bonds is 3. The van der Waals surface area contributed by atoms with Crippen molar-refractivity contribution in [3.63, 3.8) is 0 Å². The van der Waals surface area contributed by atoms with Gasteiger partial charge in [-0.3, -0.25) is 14.6 Å². The minimum absolute atomic E-state index is 0.0518. The maximum absolute atomic E-state index is 13.5. The molecule has 0 radical (unpaired) electrons. The van der Waals surface area contributed by atoms with E-state index in [1.54, 1.807) is 6.92 Å². The van der Waals surface area contributed by atoms with Crippen LogP contribution >= 0.6 is 0 Å². The molecule has 2 aliphatic rings. The second kappa shape index (κ2) is 7.06. The number of benzene rings is 3. The van der Waals surface area contributed by atoms with E-state index in [-0.39, 0.29) is 18.4 Å². The van der Waals surface area contributed by atoms with Gasteiger partial charge in [-0.2, -0.15) is 0 Å². The summed E-state index contributed by atoms with van der Waals surface area (Å²) < 4.78 is 5.42. The van der Waals surface area contributed by atoms with Gasteiger partial charge >= 0.3 is 5.97 Å². The topological polar surface area (TPSA) is 55.7 Å². The molecule has 2 atom stereocenters. The van der Waals surface area contributed by atoms with Gasteiger partial charge in [-0.05, 0) is 30.2 Å². The van der Waals surface area contributed by atoms with E-state index in [1.807, 2.05) is 73.7 Å². The molecule has 1 aliphatic heterocycles. The third-order valence-corrected chi connectivity index (χ3v) is 6.01. The van der Waals surface area contributed by atoms with Crippen LogP contribution in [0.4, 0.5) is 0 Å². The first kappa shape index (κ1) is 18.5. The van der Waals surface area contributed by atoms with Crippen molar-refractivity contribution in [2.24, 2.45) is 10.9 Å². The number of carbonyl (C=O) groups is 2. The van der Waals surface area contributed by atoms with Gasteiger partial charge < -0.3 is 4.74 Å². The molecule has 0 saturated heterocycles. The standard InChI is InChI=1S/C26H21NO3/c1-3-30-26(29)21-15(2)27-24-19-12-6-7-13-20(19)25(28)23(24)22(21)18-14-8-10-16-9-4-5-11-17(16)18/h4-14,21-22H,3H2,1-2H3/t21?,22-/m0/s1. The van der Waals surface area contributed by atoms with Gasteiger partial charge in [0.2, 0.25) is 0 Å². The Labute approximate surface area is 174 Å². The SMILES string of the molecule is CCOC(=O)C1C(C)=NC2=C(C(=O)c3ccccc32)[C@H]1c1cccc2ccccc12. The molecular formula is C26H21NO3. The molecule has 3 aromatic carbocycles. The lowest BCUT2D eigenvalue weighted by molar-refractivity contribution is -0.145. The molecule has 0 aromatic heterocycles. The predicted octanol–water partition coefficient (Wildman–Crippen LogP) is 5.18. The van der Waals surface area contributed by atoms with Gasteiger partial charge in [0, 0.05) is 28.3 Å². The smallest absolute Gasteiger partial charge is 0.315 e. The fraction of sp³-hybridized carbons (Fsp3) is 0.192. The zero-order valence-corrected chi connectivity index (χ0v) is 16.9. The van der Waals surface area contributed by atoms with Crippen molar-refractivity contribution in [1.29, 1.82) is 0 Å². The molecule has 0 spiro atoms. The largest absolute Gasteiger partial charge is 0.465 e. The van der Waals surface area contributed by atoms with Crippen molar-refractivity contribution in [2.75, 3.05) is 6.61 Å². The number of allylic oxidation sites excluding steroid dienone is 1. The summed E-state index contributed by atoms with van der Waals surface area (Å²) in [7, 11) is 0. The molecule has 0 amide bonds. The molecular weight excluding hydrogens is 374 g/mol. The lowest BCUT2D eigenvalue weighted by atomic mass is 9.74. The minimum atomic E-state index is -0.632. The summed E-state index contributed by atoms with van der Waals surface area (Å²) in [6, 6.07) is 21.6. The van der Waals surface area contributed by atoms with Gasteiger partial charge in [0.15, 0.2) is 5.78 Å². The van der Waals surface area contributed by atoms with Gasteiger partial charge in [-0.15, -0.1) is 0 Å². The van der Waals surface area contributed by atoms with Crippen LogP contribution < -0.4 is 0 Å². The number of hydrogen-bond acceptors (Lipinski definition) is 4. The number of ketones is 1. The first-order valence-corrected chi connectivity index (χ1v) is 10.2. The molecule has 4 heteroatoms. The highest BCUT2D eigenvalue weighted by Gasteiger charge is 2.46. The molecule has 1 aliphatic carbocycles. The highest BCUT2D eigenvalue weighted by atomic mass is 16.5. The van der Waals surface area contributed by atoms with Gasteiger partial charge in [0.1, 0.15) is 5.92 Å². The lowest BCUT2D eigenvalue weighted by Gasteiger charge is -2.31. The second-order valence-electron chi connectivity index (χ2n) is 7.67. The van der Waals surface area contributed by atoms with Crippen LogP contribution in [0.3, 0.4) is 0 Å². The molecule has 3 aromatic rings. The minimum Gasteiger partial charge on any atom is -0.465 e. The Hall–Kier alpha value is -3.53. The third-order valence-electron chi connectivity index (χ3n) is 6.01. The summed E-state index contributed by atoms with van der Waals surface area (Å²) in [4.78, 5) is 31.3. The number of esters is 1. The van der Waals surface area contributed by atoms with Crippen molar-refractivity contribution >= 4 is 33.9 Å². The van der Waals surface area contributed by atoms with E-state index in [2.05, 4.69) is 0 Å². The predicted molar refractivity (Wildman–Crippen MR) is 118 cm³/mol. The van der Waals surface area contributed by atoms with E-state index in [4.69, 9.17) is 9.73 Å². The van der Waals surface area contributed by atoms with Gasteiger partial charge in [-0.25, -0.2) is 0 Å². The first-order chi connectivity index (χ1) is 14.6. The highest BCUT2D eigenvalue weighted by molar-refractivity contribution is 6.25. The monoisotopic (exact) mass is 395 g/mol. The summed E-state index contributed by atoms with van der Waals surface area (Å²) >= 11 is 0.